The van der Waals surface area contributed by atoms with E-state index in [1.807, 2.05) is 56.3 Å². The molecular weight excluding hydrogens is 368 g/mol. The van der Waals surface area contributed by atoms with Gasteiger partial charge in [0.1, 0.15) is 17.9 Å². The summed E-state index contributed by atoms with van der Waals surface area (Å²) < 4.78 is 17.0. The molecule has 1 aromatic heterocycles. The summed E-state index contributed by atoms with van der Waals surface area (Å²) in [5.41, 5.74) is 3.80. The molecule has 150 valence electrons. The molecule has 0 spiro atoms. The number of rotatable bonds is 6. The first-order chi connectivity index (χ1) is 14.1. The summed E-state index contributed by atoms with van der Waals surface area (Å²) in [6, 6.07) is 13.3. The molecule has 0 fully saturated rings. The molecule has 5 nitrogen and oxygen atoms in total. The van der Waals surface area contributed by atoms with Crippen molar-refractivity contribution < 1.29 is 18.7 Å². The standard InChI is InChI=1S/C24H24O5/c1-3-20(24(26)27-14-16-8-5-4-6-9-16)28-21-13-12-18-17-10-7-11-19(17)23(25)29-22(18)15(21)2/h4-6,8-9,12-13,20H,3,7,10-11,14H2,1-2H3. The topological polar surface area (TPSA) is 65.7 Å². The number of carbonyl (C=O) groups excluding carboxylic acids is 1. The van der Waals surface area contributed by atoms with Gasteiger partial charge in [0.15, 0.2) is 6.10 Å². The minimum Gasteiger partial charge on any atom is -0.478 e. The van der Waals surface area contributed by atoms with Gasteiger partial charge in [-0.1, -0.05) is 37.3 Å². The lowest BCUT2D eigenvalue weighted by Crippen LogP contribution is -2.29. The number of esters is 1. The highest BCUT2D eigenvalue weighted by Crippen LogP contribution is 2.33. The van der Waals surface area contributed by atoms with Crippen LogP contribution in [0.3, 0.4) is 0 Å². The molecule has 0 amide bonds. The average Bonchev–Trinajstić information content (AvgIpc) is 3.24. The fourth-order valence-corrected chi connectivity index (χ4v) is 3.86. The van der Waals surface area contributed by atoms with Crippen molar-refractivity contribution in [1.82, 2.24) is 0 Å². The van der Waals surface area contributed by atoms with E-state index in [4.69, 9.17) is 13.9 Å². The predicted octanol–water partition coefficient (Wildman–Crippen LogP) is 4.49. The van der Waals surface area contributed by atoms with Crippen molar-refractivity contribution in [2.24, 2.45) is 0 Å². The molecule has 0 radical (unpaired) electrons. The Balaban J connectivity index is 1.56. The number of hydrogen-bond donors (Lipinski definition) is 0. The molecule has 4 rings (SSSR count). The Morgan fingerprint density at radius 1 is 1.10 bits per heavy atom. The molecule has 1 atom stereocenters. The molecule has 0 N–H and O–H groups in total. The molecule has 1 unspecified atom stereocenters. The zero-order chi connectivity index (χ0) is 20.4. The van der Waals surface area contributed by atoms with Gasteiger partial charge in [0.05, 0.1) is 0 Å². The number of hydrogen-bond acceptors (Lipinski definition) is 5. The van der Waals surface area contributed by atoms with Crippen LogP contribution in [0.2, 0.25) is 0 Å². The molecule has 2 aromatic carbocycles. The van der Waals surface area contributed by atoms with Crippen molar-refractivity contribution in [3.05, 3.63) is 75.1 Å². The second-order valence-corrected chi connectivity index (χ2v) is 7.37. The molecule has 1 heterocycles. The SMILES string of the molecule is CCC(Oc1ccc2c3c(c(=O)oc2c1C)CCC3)C(=O)OCc1ccccc1. The highest BCUT2D eigenvalue weighted by Gasteiger charge is 2.24. The largest absolute Gasteiger partial charge is 0.478 e. The Kier molecular flexibility index (Phi) is 5.38. The van der Waals surface area contributed by atoms with E-state index < -0.39 is 12.1 Å². The van der Waals surface area contributed by atoms with Crippen LogP contribution in [-0.2, 0) is 29.0 Å². The quantitative estimate of drug-likeness (QED) is 0.457. The third-order valence-electron chi connectivity index (χ3n) is 5.47. The average molecular weight is 392 g/mol. The lowest BCUT2D eigenvalue weighted by Gasteiger charge is -2.19. The lowest BCUT2D eigenvalue weighted by atomic mass is 10.0. The molecule has 5 heteroatoms. The normalized spacial score (nSPS) is 13.9. The minimum atomic E-state index is -0.726. The van der Waals surface area contributed by atoms with E-state index in [9.17, 15) is 9.59 Å². The van der Waals surface area contributed by atoms with Crippen LogP contribution >= 0.6 is 0 Å². The predicted molar refractivity (Wildman–Crippen MR) is 110 cm³/mol. The van der Waals surface area contributed by atoms with Crippen LogP contribution in [0, 0.1) is 6.92 Å². The molecule has 0 saturated heterocycles. The van der Waals surface area contributed by atoms with Crippen LogP contribution in [-0.4, -0.2) is 12.1 Å². The van der Waals surface area contributed by atoms with Gasteiger partial charge in [-0.25, -0.2) is 9.59 Å². The monoisotopic (exact) mass is 392 g/mol. The van der Waals surface area contributed by atoms with Gasteiger partial charge in [0, 0.05) is 16.5 Å². The molecule has 0 saturated carbocycles. The van der Waals surface area contributed by atoms with Crippen LogP contribution in [0.15, 0.2) is 51.7 Å². The van der Waals surface area contributed by atoms with E-state index in [1.54, 1.807) is 0 Å². The maximum absolute atomic E-state index is 12.5. The first kappa shape index (κ1) is 19.2. The van der Waals surface area contributed by atoms with Gasteiger partial charge in [-0.3, -0.25) is 0 Å². The summed E-state index contributed by atoms with van der Waals surface area (Å²) in [4.78, 5) is 24.8. The summed E-state index contributed by atoms with van der Waals surface area (Å²) in [7, 11) is 0. The number of carbonyl (C=O) groups is 1. The van der Waals surface area contributed by atoms with Crippen LogP contribution in [0.1, 0.15) is 42.0 Å². The fraction of sp³-hybridized carbons (Fsp3) is 0.333. The van der Waals surface area contributed by atoms with Crippen LogP contribution < -0.4 is 10.4 Å². The van der Waals surface area contributed by atoms with E-state index in [0.717, 1.165) is 46.9 Å². The molecule has 1 aliphatic carbocycles. The number of benzene rings is 2. The molecule has 29 heavy (non-hydrogen) atoms. The van der Waals surface area contributed by atoms with E-state index in [2.05, 4.69) is 0 Å². The van der Waals surface area contributed by atoms with Gasteiger partial charge in [0.2, 0.25) is 0 Å². The summed E-state index contributed by atoms with van der Waals surface area (Å²) in [6.07, 6.45) is 2.38. The Labute approximate surface area is 169 Å². The van der Waals surface area contributed by atoms with Crippen molar-refractivity contribution in [2.75, 3.05) is 0 Å². The lowest BCUT2D eigenvalue weighted by molar-refractivity contribution is -0.153. The summed E-state index contributed by atoms with van der Waals surface area (Å²) in [6.45, 7) is 3.93. The van der Waals surface area contributed by atoms with Gasteiger partial charge in [-0.05, 0) is 55.9 Å². The maximum atomic E-state index is 12.5. The molecular formula is C24H24O5. The van der Waals surface area contributed by atoms with Gasteiger partial charge in [0.25, 0.3) is 0 Å². The Morgan fingerprint density at radius 2 is 1.86 bits per heavy atom. The first-order valence-corrected chi connectivity index (χ1v) is 10.0. The highest BCUT2D eigenvalue weighted by molar-refractivity contribution is 5.86. The van der Waals surface area contributed by atoms with Crippen LogP contribution in [0.25, 0.3) is 11.0 Å². The number of ether oxygens (including phenoxy) is 2. The van der Waals surface area contributed by atoms with Gasteiger partial charge >= 0.3 is 11.6 Å². The smallest absolute Gasteiger partial charge is 0.347 e. The van der Waals surface area contributed by atoms with Gasteiger partial charge in [-0.15, -0.1) is 0 Å². The molecule has 0 aliphatic heterocycles. The maximum Gasteiger partial charge on any atom is 0.347 e. The third kappa shape index (κ3) is 3.77. The van der Waals surface area contributed by atoms with Crippen molar-refractivity contribution >= 4 is 16.9 Å². The van der Waals surface area contributed by atoms with Gasteiger partial charge in [-0.2, -0.15) is 0 Å². The van der Waals surface area contributed by atoms with Crippen molar-refractivity contribution in [1.29, 1.82) is 0 Å². The van der Waals surface area contributed by atoms with Crippen LogP contribution in [0.5, 0.6) is 5.75 Å². The molecule has 3 aromatic rings. The number of aryl methyl sites for hydroxylation is 2. The molecule has 0 bridgehead atoms. The van der Waals surface area contributed by atoms with Crippen molar-refractivity contribution in [3.8, 4) is 5.75 Å². The summed E-state index contributed by atoms with van der Waals surface area (Å²) >= 11 is 0. The van der Waals surface area contributed by atoms with Gasteiger partial charge < -0.3 is 13.9 Å². The molecule has 1 aliphatic rings. The minimum absolute atomic E-state index is 0.206. The van der Waals surface area contributed by atoms with E-state index in [-0.39, 0.29) is 12.2 Å². The zero-order valence-corrected chi connectivity index (χ0v) is 16.7. The van der Waals surface area contributed by atoms with E-state index in [0.29, 0.717) is 17.8 Å². The Morgan fingerprint density at radius 3 is 2.62 bits per heavy atom. The Hall–Kier alpha value is -3.08. The van der Waals surface area contributed by atoms with E-state index >= 15 is 0 Å². The first-order valence-electron chi connectivity index (χ1n) is 10.0. The fourth-order valence-electron chi connectivity index (χ4n) is 3.86. The summed E-state index contributed by atoms with van der Waals surface area (Å²) in [5.74, 6) is 0.119. The zero-order valence-electron chi connectivity index (χ0n) is 16.7. The highest BCUT2D eigenvalue weighted by atomic mass is 16.6. The third-order valence-corrected chi connectivity index (χ3v) is 5.47. The van der Waals surface area contributed by atoms with Crippen LogP contribution in [0.4, 0.5) is 0 Å². The second kappa shape index (κ2) is 8.11. The number of fused-ring (bicyclic) bond motifs is 3. The van der Waals surface area contributed by atoms with Crippen molar-refractivity contribution in [3.63, 3.8) is 0 Å². The summed E-state index contributed by atoms with van der Waals surface area (Å²) in [5, 5.41) is 0.960. The Bertz CT molecular complexity index is 1100. The van der Waals surface area contributed by atoms with Crippen molar-refractivity contribution in [2.45, 2.75) is 52.2 Å². The second-order valence-electron chi connectivity index (χ2n) is 7.37. The van der Waals surface area contributed by atoms with E-state index in [1.165, 1.54) is 0 Å².